The van der Waals surface area contributed by atoms with Gasteiger partial charge in [0.15, 0.2) is 5.75 Å². The van der Waals surface area contributed by atoms with Gasteiger partial charge in [0, 0.05) is 0 Å². The van der Waals surface area contributed by atoms with Gasteiger partial charge in [-0.2, -0.15) is 13.2 Å². The van der Waals surface area contributed by atoms with Crippen molar-refractivity contribution in [3.8, 4) is 5.75 Å². The van der Waals surface area contributed by atoms with Crippen LogP contribution in [-0.4, -0.2) is 24.1 Å². The number of carbonyl (C=O) groups excluding carboxylic acids is 1. The molecule has 1 aromatic rings. The summed E-state index contributed by atoms with van der Waals surface area (Å²) in [4.78, 5) is 21.1. The van der Waals surface area contributed by atoms with Crippen LogP contribution in [0.4, 0.5) is 24.5 Å². The zero-order chi connectivity index (χ0) is 15.5. The second-order valence-electron chi connectivity index (χ2n) is 3.71. The van der Waals surface area contributed by atoms with Crippen LogP contribution in [-0.2, 0) is 11.2 Å². The quantitative estimate of drug-likeness (QED) is 0.683. The van der Waals surface area contributed by atoms with Crippen molar-refractivity contribution in [1.82, 2.24) is 0 Å². The number of nitro groups is 1. The number of amides is 1. The minimum Gasteiger partial charge on any atom is -0.490 e. The number of carbonyl (C=O) groups is 1. The highest BCUT2D eigenvalue weighted by atomic mass is 19.4. The van der Waals surface area contributed by atoms with Crippen LogP contribution >= 0.6 is 0 Å². The standard InChI is InChI=1S/C11H11F3N2O4/c1-3-6-7(15-10(17)11(12,13)14)4-5-8(20-2)9(6)16(18)19/h4-5H,3H2,1-2H3,(H,15,17). The van der Waals surface area contributed by atoms with Crippen molar-refractivity contribution >= 4 is 17.3 Å². The maximum atomic E-state index is 12.2. The number of nitrogens with one attached hydrogen (secondary N) is 1. The maximum absolute atomic E-state index is 12.2. The van der Waals surface area contributed by atoms with Gasteiger partial charge in [0.2, 0.25) is 0 Å². The molecular formula is C11H11F3N2O4. The Labute approximate surface area is 111 Å². The van der Waals surface area contributed by atoms with Gasteiger partial charge < -0.3 is 10.1 Å². The normalized spacial score (nSPS) is 11.1. The molecular weight excluding hydrogens is 281 g/mol. The lowest BCUT2D eigenvalue weighted by atomic mass is 10.1. The first-order valence-corrected chi connectivity index (χ1v) is 5.44. The van der Waals surface area contributed by atoms with Gasteiger partial charge in [0.25, 0.3) is 0 Å². The molecule has 6 nitrogen and oxygen atoms in total. The summed E-state index contributed by atoms with van der Waals surface area (Å²) >= 11 is 0. The number of nitrogens with zero attached hydrogens (tertiary/aromatic N) is 1. The van der Waals surface area contributed by atoms with Crippen molar-refractivity contribution < 1.29 is 27.6 Å². The monoisotopic (exact) mass is 292 g/mol. The molecule has 1 rings (SSSR count). The average Bonchev–Trinajstić information content (AvgIpc) is 2.36. The predicted octanol–water partition coefficient (Wildman–Crippen LogP) is 2.67. The van der Waals surface area contributed by atoms with Gasteiger partial charge in [-0.1, -0.05) is 6.92 Å². The molecule has 0 saturated heterocycles. The number of nitro benzene ring substituents is 1. The fourth-order valence-corrected chi connectivity index (χ4v) is 1.65. The van der Waals surface area contributed by atoms with Crippen molar-refractivity contribution in [2.45, 2.75) is 19.5 Å². The molecule has 9 heteroatoms. The number of rotatable bonds is 4. The van der Waals surface area contributed by atoms with E-state index in [1.165, 1.54) is 14.0 Å². The van der Waals surface area contributed by atoms with E-state index in [0.717, 1.165) is 12.1 Å². The van der Waals surface area contributed by atoms with Crippen LogP contribution in [0.5, 0.6) is 5.75 Å². The van der Waals surface area contributed by atoms with Crippen LogP contribution in [0.3, 0.4) is 0 Å². The van der Waals surface area contributed by atoms with Gasteiger partial charge in [-0.25, -0.2) is 0 Å². The van der Waals surface area contributed by atoms with Gasteiger partial charge >= 0.3 is 17.8 Å². The molecule has 0 saturated carbocycles. The van der Waals surface area contributed by atoms with Crippen LogP contribution < -0.4 is 10.1 Å². The molecule has 1 N–H and O–H groups in total. The number of hydrogen-bond acceptors (Lipinski definition) is 4. The fourth-order valence-electron chi connectivity index (χ4n) is 1.65. The Morgan fingerprint density at radius 1 is 1.45 bits per heavy atom. The highest BCUT2D eigenvalue weighted by Gasteiger charge is 2.39. The van der Waals surface area contributed by atoms with E-state index in [1.807, 2.05) is 0 Å². The molecule has 110 valence electrons. The first-order chi connectivity index (χ1) is 9.22. The molecule has 0 bridgehead atoms. The minimum absolute atomic E-state index is 0.0352. The molecule has 0 aliphatic heterocycles. The van der Waals surface area contributed by atoms with E-state index in [-0.39, 0.29) is 23.4 Å². The summed E-state index contributed by atoms with van der Waals surface area (Å²) in [5, 5.41) is 12.6. The fraction of sp³-hybridized carbons (Fsp3) is 0.364. The molecule has 1 aromatic carbocycles. The largest absolute Gasteiger partial charge is 0.490 e. The Balaban J connectivity index is 3.32. The summed E-state index contributed by atoms with van der Waals surface area (Å²) in [5.41, 5.74) is -0.760. The highest BCUT2D eigenvalue weighted by Crippen LogP contribution is 2.36. The highest BCUT2D eigenvalue weighted by molar-refractivity contribution is 5.96. The summed E-state index contributed by atoms with van der Waals surface area (Å²) in [7, 11) is 1.20. The van der Waals surface area contributed by atoms with E-state index in [9.17, 15) is 28.1 Å². The molecule has 20 heavy (non-hydrogen) atoms. The lowest BCUT2D eigenvalue weighted by Gasteiger charge is -2.13. The number of alkyl halides is 3. The molecule has 0 heterocycles. The number of ether oxygens (including phenoxy) is 1. The molecule has 0 radical (unpaired) electrons. The topological polar surface area (TPSA) is 81.5 Å². The van der Waals surface area contributed by atoms with Crippen LogP contribution in [0.15, 0.2) is 12.1 Å². The van der Waals surface area contributed by atoms with Gasteiger partial charge in [-0.05, 0) is 18.6 Å². The zero-order valence-electron chi connectivity index (χ0n) is 10.6. The number of hydrogen-bond donors (Lipinski definition) is 1. The second-order valence-corrected chi connectivity index (χ2v) is 3.71. The van der Waals surface area contributed by atoms with E-state index in [2.05, 4.69) is 0 Å². The summed E-state index contributed by atoms with van der Waals surface area (Å²) in [6, 6.07) is 2.26. The second kappa shape index (κ2) is 5.76. The van der Waals surface area contributed by atoms with Crippen molar-refractivity contribution in [2.24, 2.45) is 0 Å². The molecule has 1 amide bonds. The zero-order valence-corrected chi connectivity index (χ0v) is 10.6. The Hall–Kier alpha value is -2.32. The smallest absolute Gasteiger partial charge is 0.471 e. The third-order valence-electron chi connectivity index (χ3n) is 2.51. The lowest BCUT2D eigenvalue weighted by Crippen LogP contribution is -2.30. The molecule has 0 atom stereocenters. The summed E-state index contributed by atoms with van der Waals surface area (Å²) in [5.74, 6) is -2.27. The van der Waals surface area contributed by atoms with Crippen molar-refractivity contribution in [3.63, 3.8) is 0 Å². The van der Waals surface area contributed by atoms with E-state index in [0.29, 0.717) is 0 Å². The minimum atomic E-state index is -5.07. The SMILES string of the molecule is CCc1c(NC(=O)C(F)(F)F)ccc(OC)c1[N+](=O)[O-]. The molecule has 0 fully saturated rings. The summed E-state index contributed by atoms with van der Waals surface area (Å²) in [6.45, 7) is 1.52. The Morgan fingerprint density at radius 3 is 2.45 bits per heavy atom. The number of benzene rings is 1. The van der Waals surface area contributed by atoms with Crippen molar-refractivity contribution in [1.29, 1.82) is 0 Å². The number of methoxy groups -OCH3 is 1. The van der Waals surface area contributed by atoms with Crippen LogP contribution in [0.2, 0.25) is 0 Å². The van der Waals surface area contributed by atoms with Crippen LogP contribution in [0.25, 0.3) is 0 Å². The summed E-state index contributed by atoms with van der Waals surface area (Å²) in [6.07, 6.45) is -5.01. The average molecular weight is 292 g/mol. The molecule has 0 aliphatic rings. The molecule has 0 unspecified atom stereocenters. The lowest BCUT2D eigenvalue weighted by molar-refractivity contribution is -0.386. The Bertz CT molecular complexity index is 543. The van der Waals surface area contributed by atoms with Crippen LogP contribution in [0, 0.1) is 10.1 Å². The van der Waals surface area contributed by atoms with E-state index in [4.69, 9.17) is 4.74 Å². The number of halogens is 3. The Kier molecular flexibility index (Phi) is 4.53. The van der Waals surface area contributed by atoms with Gasteiger partial charge in [0.1, 0.15) is 0 Å². The van der Waals surface area contributed by atoms with Gasteiger partial charge in [0.05, 0.1) is 23.3 Å². The summed E-state index contributed by atoms with van der Waals surface area (Å²) < 4.78 is 41.4. The molecule has 0 spiro atoms. The van der Waals surface area contributed by atoms with E-state index in [1.54, 1.807) is 5.32 Å². The Morgan fingerprint density at radius 2 is 2.05 bits per heavy atom. The number of anilines is 1. The maximum Gasteiger partial charge on any atom is 0.471 e. The van der Waals surface area contributed by atoms with Crippen LogP contribution in [0.1, 0.15) is 12.5 Å². The van der Waals surface area contributed by atoms with Gasteiger partial charge in [-0.3, -0.25) is 14.9 Å². The first kappa shape index (κ1) is 15.7. The predicted molar refractivity (Wildman–Crippen MR) is 63.7 cm³/mol. The molecule has 0 aromatic heterocycles. The third kappa shape index (κ3) is 3.16. The van der Waals surface area contributed by atoms with Crippen molar-refractivity contribution in [2.75, 3.05) is 12.4 Å². The van der Waals surface area contributed by atoms with Crippen molar-refractivity contribution in [3.05, 3.63) is 27.8 Å². The van der Waals surface area contributed by atoms with E-state index < -0.39 is 22.7 Å². The molecule has 0 aliphatic carbocycles. The van der Waals surface area contributed by atoms with Gasteiger partial charge in [-0.15, -0.1) is 0 Å². The van der Waals surface area contributed by atoms with E-state index >= 15 is 0 Å². The first-order valence-electron chi connectivity index (χ1n) is 5.44. The third-order valence-corrected chi connectivity index (χ3v) is 2.51.